The molecule has 0 radical (unpaired) electrons. The minimum Gasteiger partial charge on any atom is -0.337 e. The van der Waals surface area contributed by atoms with Gasteiger partial charge in [0.05, 0.1) is 11.6 Å². The molecule has 0 unspecified atom stereocenters. The van der Waals surface area contributed by atoms with E-state index < -0.39 is 0 Å². The number of carbonyl (C=O) groups is 1. The van der Waals surface area contributed by atoms with Crippen LogP contribution in [-0.4, -0.2) is 37.3 Å². The molecule has 0 bridgehead atoms. The molecule has 8 heteroatoms. The third-order valence-corrected chi connectivity index (χ3v) is 4.88. The summed E-state index contributed by atoms with van der Waals surface area (Å²) in [5.41, 5.74) is -0.267. The summed E-state index contributed by atoms with van der Waals surface area (Å²) in [5, 5.41) is 9.46. The van der Waals surface area contributed by atoms with E-state index in [0.717, 1.165) is 18.2 Å². The summed E-state index contributed by atoms with van der Waals surface area (Å²) in [6.45, 7) is 4.48. The number of nitrogens with zero attached hydrogens (tertiary/aromatic N) is 5. The summed E-state index contributed by atoms with van der Waals surface area (Å²) in [6, 6.07) is 6.98. The average molecular weight is 367 g/mol. The molecule has 1 aliphatic rings. The maximum absolute atomic E-state index is 12.9. The third kappa shape index (κ3) is 3.22. The molecule has 0 saturated carbocycles. The van der Waals surface area contributed by atoms with Gasteiger partial charge in [-0.1, -0.05) is 37.2 Å². The van der Waals surface area contributed by atoms with Gasteiger partial charge in [-0.05, 0) is 18.9 Å². The summed E-state index contributed by atoms with van der Waals surface area (Å²) in [7, 11) is 0. The number of amides is 1. The number of hydrogen-bond donors (Lipinski definition) is 0. The average Bonchev–Trinajstić information content (AvgIpc) is 3.33. The van der Waals surface area contributed by atoms with E-state index >= 15 is 0 Å². The molecule has 0 N–H and O–H groups in total. The predicted octanol–water partition coefficient (Wildman–Crippen LogP) is 2.27. The van der Waals surface area contributed by atoms with E-state index in [1.54, 1.807) is 23.2 Å². The first-order valence-electron chi connectivity index (χ1n) is 9.12. The highest BCUT2D eigenvalue weighted by molar-refractivity contribution is 5.81. The zero-order chi connectivity index (χ0) is 19.0. The zero-order valence-electron chi connectivity index (χ0n) is 15.3. The first kappa shape index (κ1) is 17.4. The fourth-order valence-corrected chi connectivity index (χ4v) is 3.40. The fourth-order valence-electron chi connectivity index (χ4n) is 3.40. The SMILES string of the molecule is CC(C)c1noc([C@@H]2CCCN2C(=O)Cn2ncc3ccccc3c2=O)n1. The number of rotatable bonds is 4. The van der Waals surface area contributed by atoms with Crippen LogP contribution in [0.4, 0.5) is 0 Å². The van der Waals surface area contributed by atoms with Crippen LogP contribution in [-0.2, 0) is 11.3 Å². The van der Waals surface area contributed by atoms with Crippen molar-refractivity contribution in [3.8, 4) is 0 Å². The van der Waals surface area contributed by atoms with Gasteiger partial charge in [0.2, 0.25) is 11.8 Å². The Morgan fingerprint density at radius 2 is 2.15 bits per heavy atom. The molecule has 1 atom stereocenters. The van der Waals surface area contributed by atoms with Gasteiger partial charge in [0.15, 0.2) is 5.82 Å². The number of hydrogen-bond acceptors (Lipinski definition) is 6. The van der Waals surface area contributed by atoms with Crippen molar-refractivity contribution in [2.24, 2.45) is 0 Å². The molecule has 3 heterocycles. The molecular formula is C19H21N5O3. The molecule has 1 saturated heterocycles. The van der Waals surface area contributed by atoms with Crippen LogP contribution in [0.1, 0.15) is 50.4 Å². The van der Waals surface area contributed by atoms with Gasteiger partial charge in [-0.25, -0.2) is 4.68 Å². The van der Waals surface area contributed by atoms with Gasteiger partial charge in [-0.3, -0.25) is 9.59 Å². The van der Waals surface area contributed by atoms with Crippen molar-refractivity contribution in [1.29, 1.82) is 0 Å². The van der Waals surface area contributed by atoms with Gasteiger partial charge in [-0.15, -0.1) is 0 Å². The van der Waals surface area contributed by atoms with E-state index in [9.17, 15) is 9.59 Å². The van der Waals surface area contributed by atoms with Gasteiger partial charge in [0, 0.05) is 17.8 Å². The summed E-state index contributed by atoms with van der Waals surface area (Å²) >= 11 is 0. The molecule has 1 aromatic carbocycles. The second-order valence-electron chi connectivity index (χ2n) is 7.09. The summed E-state index contributed by atoms with van der Waals surface area (Å²) in [5.74, 6) is 1.08. The first-order chi connectivity index (χ1) is 13.0. The van der Waals surface area contributed by atoms with Crippen LogP contribution in [0, 0.1) is 0 Å². The normalized spacial score (nSPS) is 17.1. The van der Waals surface area contributed by atoms with E-state index in [0.29, 0.717) is 23.6 Å². The van der Waals surface area contributed by atoms with Crippen LogP contribution in [0.15, 0.2) is 39.8 Å². The van der Waals surface area contributed by atoms with Crippen molar-refractivity contribution in [1.82, 2.24) is 24.8 Å². The van der Waals surface area contributed by atoms with Crippen LogP contribution in [0.5, 0.6) is 0 Å². The number of benzene rings is 1. The van der Waals surface area contributed by atoms with E-state index in [4.69, 9.17) is 4.52 Å². The van der Waals surface area contributed by atoms with Gasteiger partial charge in [-0.2, -0.15) is 10.1 Å². The number of likely N-dealkylation sites (tertiary alicyclic amines) is 1. The Labute approximate surface area is 155 Å². The van der Waals surface area contributed by atoms with Crippen molar-refractivity contribution < 1.29 is 9.32 Å². The van der Waals surface area contributed by atoms with E-state index in [-0.39, 0.29) is 30.0 Å². The monoisotopic (exact) mass is 367 g/mol. The quantitative estimate of drug-likeness (QED) is 0.702. The molecule has 1 amide bonds. The molecule has 2 aromatic heterocycles. The van der Waals surface area contributed by atoms with Gasteiger partial charge in [0.1, 0.15) is 12.6 Å². The summed E-state index contributed by atoms with van der Waals surface area (Å²) < 4.78 is 6.60. The van der Waals surface area contributed by atoms with Gasteiger partial charge in [0.25, 0.3) is 5.56 Å². The lowest BCUT2D eigenvalue weighted by Crippen LogP contribution is -2.37. The summed E-state index contributed by atoms with van der Waals surface area (Å²) in [4.78, 5) is 31.6. The van der Waals surface area contributed by atoms with E-state index in [1.807, 2.05) is 26.0 Å². The standard InChI is InChI=1S/C19H21N5O3/c1-12(2)17-21-18(27-22-17)15-8-5-9-23(15)16(25)11-24-19(26)14-7-4-3-6-13(14)10-20-24/h3-4,6-7,10,12,15H,5,8-9,11H2,1-2H3/t15-/m0/s1. The Bertz CT molecular complexity index is 1040. The van der Waals surface area contributed by atoms with Crippen molar-refractivity contribution in [2.45, 2.75) is 45.2 Å². The number of fused-ring (bicyclic) bond motifs is 1. The molecule has 8 nitrogen and oxygen atoms in total. The van der Waals surface area contributed by atoms with Crippen molar-refractivity contribution in [3.05, 3.63) is 52.5 Å². The highest BCUT2D eigenvalue weighted by Crippen LogP contribution is 2.31. The van der Waals surface area contributed by atoms with Crippen molar-refractivity contribution >= 4 is 16.7 Å². The Hall–Kier alpha value is -3.03. The minimum atomic E-state index is -0.267. The Balaban J connectivity index is 1.57. The lowest BCUT2D eigenvalue weighted by Gasteiger charge is -2.22. The maximum Gasteiger partial charge on any atom is 0.275 e. The number of carbonyl (C=O) groups excluding carboxylic acids is 1. The molecule has 0 spiro atoms. The topological polar surface area (TPSA) is 94.1 Å². The predicted molar refractivity (Wildman–Crippen MR) is 98.1 cm³/mol. The van der Waals surface area contributed by atoms with Crippen LogP contribution in [0.3, 0.4) is 0 Å². The highest BCUT2D eigenvalue weighted by atomic mass is 16.5. The molecular weight excluding hydrogens is 346 g/mol. The maximum atomic E-state index is 12.9. The van der Waals surface area contributed by atoms with E-state index in [1.165, 1.54) is 4.68 Å². The second kappa shape index (κ2) is 6.94. The lowest BCUT2D eigenvalue weighted by atomic mass is 10.2. The second-order valence-corrected chi connectivity index (χ2v) is 7.09. The smallest absolute Gasteiger partial charge is 0.275 e. The third-order valence-electron chi connectivity index (χ3n) is 4.88. The first-order valence-corrected chi connectivity index (χ1v) is 9.12. The highest BCUT2D eigenvalue weighted by Gasteiger charge is 2.34. The van der Waals surface area contributed by atoms with Gasteiger partial charge >= 0.3 is 0 Å². The molecule has 27 heavy (non-hydrogen) atoms. The fraction of sp³-hybridized carbons (Fsp3) is 0.421. The lowest BCUT2D eigenvalue weighted by molar-refractivity contribution is -0.133. The molecule has 0 aliphatic carbocycles. The van der Waals surface area contributed by atoms with Crippen molar-refractivity contribution in [3.63, 3.8) is 0 Å². The van der Waals surface area contributed by atoms with Crippen LogP contribution >= 0.6 is 0 Å². The Morgan fingerprint density at radius 1 is 1.33 bits per heavy atom. The minimum absolute atomic E-state index is 0.106. The molecule has 140 valence electrons. The Morgan fingerprint density at radius 3 is 2.93 bits per heavy atom. The van der Waals surface area contributed by atoms with E-state index in [2.05, 4.69) is 15.2 Å². The zero-order valence-corrected chi connectivity index (χ0v) is 15.3. The van der Waals surface area contributed by atoms with Crippen molar-refractivity contribution in [2.75, 3.05) is 6.54 Å². The summed E-state index contributed by atoms with van der Waals surface area (Å²) in [6.07, 6.45) is 3.24. The number of aromatic nitrogens is 4. The molecule has 1 fully saturated rings. The van der Waals surface area contributed by atoms with Gasteiger partial charge < -0.3 is 9.42 Å². The van der Waals surface area contributed by atoms with Crippen LogP contribution in [0.25, 0.3) is 10.8 Å². The molecule has 4 rings (SSSR count). The van der Waals surface area contributed by atoms with Crippen LogP contribution < -0.4 is 5.56 Å². The Kier molecular flexibility index (Phi) is 4.47. The largest absolute Gasteiger partial charge is 0.337 e. The van der Waals surface area contributed by atoms with Crippen LogP contribution in [0.2, 0.25) is 0 Å². The molecule has 1 aliphatic heterocycles. The molecule has 3 aromatic rings.